The van der Waals surface area contributed by atoms with Gasteiger partial charge in [-0.1, -0.05) is 13.8 Å². The number of hydrogen-bond donors (Lipinski definition) is 0. The first kappa shape index (κ1) is 12.3. The second-order valence-electron chi connectivity index (χ2n) is 5.69. The molecule has 2 nitrogen and oxygen atoms in total. The van der Waals surface area contributed by atoms with Gasteiger partial charge >= 0.3 is 0 Å². The summed E-state index contributed by atoms with van der Waals surface area (Å²) in [7, 11) is 0. The van der Waals surface area contributed by atoms with Gasteiger partial charge in [0.25, 0.3) is 0 Å². The quantitative estimate of drug-likeness (QED) is 0.721. The second kappa shape index (κ2) is 5.46. The summed E-state index contributed by atoms with van der Waals surface area (Å²) in [5.41, 5.74) is 0. The van der Waals surface area contributed by atoms with Crippen LogP contribution in [0.3, 0.4) is 0 Å². The van der Waals surface area contributed by atoms with Crippen molar-refractivity contribution in [2.24, 2.45) is 11.8 Å². The van der Waals surface area contributed by atoms with E-state index in [1.165, 1.54) is 25.9 Å². The minimum atomic E-state index is -0.744. The summed E-state index contributed by atoms with van der Waals surface area (Å²) in [6.45, 7) is 8.11. The molecule has 0 spiro atoms. The molecule has 0 N–H and O–H groups in total. The fourth-order valence-electron chi connectivity index (χ4n) is 2.96. The van der Waals surface area contributed by atoms with Crippen LogP contribution in [0, 0.1) is 11.8 Å². The first-order valence-corrected chi connectivity index (χ1v) is 6.63. The zero-order valence-electron chi connectivity index (χ0n) is 10.5. The highest BCUT2D eigenvalue weighted by molar-refractivity contribution is 4.80. The Balaban J connectivity index is 1.80. The minimum absolute atomic E-state index is 0.247. The van der Waals surface area contributed by atoms with Crippen LogP contribution in [-0.4, -0.2) is 43.4 Å². The molecule has 0 aromatic rings. The fraction of sp³-hybridized carbons (Fsp3) is 1.00. The molecule has 0 unspecified atom stereocenters. The van der Waals surface area contributed by atoms with Crippen molar-refractivity contribution in [1.82, 2.24) is 4.90 Å². The third-order valence-corrected chi connectivity index (χ3v) is 3.93. The van der Waals surface area contributed by atoms with Crippen LogP contribution in [0.4, 0.5) is 4.39 Å². The summed E-state index contributed by atoms with van der Waals surface area (Å²) >= 11 is 0. The minimum Gasteiger partial charge on any atom is -0.374 e. The number of ether oxygens (including phenoxy) is 1. The number of likely N-dealkylation sites (tertiary alicyclic amines) is 1. The predicted molar refractivity (Wildman–Crippen MR) is 63.3 cm³/mol. The van der Waals surface area contributed by atoms with E-state index >= 15 is 0 Å². The highest BCUT2D eigenvalue weighted by atomic mass is 19.1. The highest BCUT2D eigenvalue weighted by Gasteiger charge is 2.30. The summed E-state index contributed by atoms with van der Waals surface area (Å²) in [6.07, 6.45) is 2.83. The molecule has 0 amide bonds. The Labute approximate surface area is 98.1 Å². The number of alkyl halides is 1. The Morgan fingerprint density at radius 1 is 1.38 bits per heavy atom. The van der Waals surface area contributed by atoms with Crippen molar-refractivity contribution in [3.05, 3.63) is 0 Å². The van der Waals surface area contributed by atoms with Crippen LogP contribution < -0.4 is 0 Å². The second-order valence-corrected chi connectivity index (χ2v) is 5.69. The number of piperidine rings is 1. The van der Waals surface area contributed by atoms with E-state index in [9.17, 15) is 4.39 Å². The van der Waals surface area contributed by atoms with Gasteiger partial charge in [0, 0.05) is 13.1 Å². The lowest BCUT2D eigenvalue weighted by Crippen LogP contribution is -2.45. The Morgan fingerprint density at radius 2 is 2.19 bits per heavy atom. The molecule has 2 rings (SSSR count). The van der Waals surface area contributed by atoms with E-state index in [1.54, 1.807) is 0 Å². The standard InChI is InChI=1S/C13H24FNO/c1-10-4-3-5-15(7-10)8-13-11(2)6-12(14)9-16-13/h10-13H,3-9H2,1-2H3/t10-,11-,12-,13+/m0/s1. The van der Waals surface area contributed by atoms with Crippen molar-refractivity contribution < 1.29 is 9.13 Å². The lowest BCUT2D eigenvalue weighted by molar-refractivity contribution is -0.0752. The lowest BCUT2D eigenvalue weighted by atomic mass is 9.93. The van der Waals surface area contributed by atoms with Crippen molar-refractivity contribution in [1.29, 1.82) is 0 Å². The van der Waals surface area contributed by atoms with E-state index < -0.39 is 6.17 Å². The van der Waals surface area contributed by atoms with Gasteiger partial charge in [0.15, 0.2) is 0 Å². The third kappa shape index (κ3) is 3.17. The lowest BCUT2D eigenvalue weighted by Gasteiger charge is -2.38. The summed E-state index contributed by atoms with van der Waals surface area (Å²) < 4.78 is 18.7. The molecule has 94 valence electrons. The van der Waals surface area contributed by atoms with Crippen molar-refractivity contribution in [3.63, 3.8) is 0 Å². The average Bonchev–Trinajstić information content (AvgIpc) is 2.22. The van der Waals surface area contributed by atoms with Crippen molar-refractivity contribution in [2.45, 2.75) is 45.4 Å². The fourth-order valence-corrected chi connectivity index (χ4v) is 2.96. The van der Waals surface area contributed by atoms with Crippen LogP contribution in [0.15, 0.2) is 0 Å². The molecule has 2 heterocycles. The Kier molecular flexibility index (Phi) is 4.20. The van der Waals surface area contributed by atoms with E-state index in [1.807, 2.05) is 0 Å². The maximum atomic E-state index is 13.1. The van der Waals surface area contributed by atoms with Gasteiger partial charge in [0.1, 0.15) is 6.17 Å². The van der Waals surface area contributed by atoms with Crippen molar-refractivity contribution in [3.8, 4) is 0 Å². The largest absolute Gasteiger partial charge is 0.374 e. The smallest absolute Gasteiger partial charge is 0.124 e. The first-order valence-electron chi connectivity index (χ1n) is 6.63. The first-order chi connectivity index (χ1) is 7.65. The number of hydrogen-bond acceptors (Lipinski definition) is 2. The molecule has 2 saturated heterocycles. The molecule has 0 saturated carbocycles. The molecule has 2 aliphatic rings. The molecule has 0 bridgehead atoms. The van der Waals surface area contributed by atoms with Gasteiger partial charge in [-0.2, -0.15) is 0 Å². The summed E-state index contributed by atoms with van der Waals surface area (Å²) in [5.74, 6) is 1.17. The van der Waals surface area contributed by atoms with Crippen LogP contribution >= 0.6 is 0 Å². The molecule has 4 atom stereocenters. The van der Waals surface area contributed by atoms with Gasteiger partial charge in [-0.25, -0.2) is 4.39 Å². The van der Waals surface area contributed by atoms with Crippen LogP contribution in [0.25, 0.3) is 0 Å². The van der Waals surface area contributed by atoms with E-state index in [2.05, 4.69) is 18.7 Å². The molecule has 2 aliphatic heterocycles. The van der Waals surface area contributed by atoms with Gasteiger partial charge in [0.05, 0.1) is 12.7 Å². The zero-order valence-corrected chi connectivity index (χ0v) is 10.5. The van der Waals surface area contributed by atoms with Gasteiger partial charge in [-0.05, 0) is 37.6 Å². The number of rotatable bonds is 2. The number of nitrogens with zero attached hydrogens (tertiary/aromatic N) is 1. The number of halogens is 1. The SMILES string of the molecule is C[C@H]1CCCN(C[C@H]2OC[C@@H](F)C[C@@H]2C)C1. The molecule has 0 aromatic carbocycles. The molecule has 3 heteroatoms. The molecule has 16 heavy (non-hydrogen) atoms. The zero-order chi connectivity index (χ0) is 11.5. The van der Waals surface area contributed by atoms with E-state index in [0.717, 1.165) is 12.5 Å². The van der Waals surface area contributed by atoms with Crippen molar-refractivity contribution in [2.75, 3.05) is 26.2 Å². The van der Waals surface area contributed by atoms with E-state index in [4.69, 9.17) is 4.74 Å². The molecular weight excluding hydrogens is 205 g/mol. The third-order valence-electron chi connectivity index (χ3n) is 3.93. The maximum absolute atomic E-state index is 13.1. The Bertz CT molecular complexity index is 224. The van der Waals surface area contributed by atoms with E-state index in [0.29, 0.717) is 18.9 Å². The monoisotopic (exact) mass is 229 g/mol. The van der Waals surface area contributed by atoms with Gasteiger partial charge in [0.2, 0.25) is 0 Å². The van der Waals surface area contributed by atoms with Gasteiger partial charge < -0.3 is 9.64 Å². The Hall–Kier alpha value is -0.150. The summed E-state index contributed by atoms with van der Waals surface area (Å²) in [6, 6.07) is 0. The van der Waals surface area contributed by atoms with Gasteiger partial charge in [-0.15, -0.1) is 0 Å². The highest BCUT2D eigenvalue weighted by Crippen LogP contribution is 2.25. The molecule has 2 fully saturated rings. The van der Waals surface area contributed by atoms with E-state index in [-0.39, 0.29) is 6.10 Å². The Morgan fingerprint density at radius 3 is 2.88 bits per heavy atom. The summed E-state index contributed by atoms with van der Waals surface area (Å²) in [5, 5.41) is 0. The maximum Gasteiger partial charge on any atom is 0.124 e. The van der Waals surface area contributed by atoms with Crippen molar-refractivity contribution >= 4 is 0 Å². The normalized spacial score (nSPS) is 42.2. The van der Waals surface area contributed by atoms with Crippen LogP contribution in [0.2, 0.25) is 0 Å². The van der Waals surface area contributed by atoms with Crippen LogP contribution in [0.1, 0.15) is 33.1 Å². The summed E-state index contributed by atoms with van der Waals surface area (Å²) in [4.78, 5) is 2.49. The predicted octanol–water partition coefficient (Wildman–Crippen LogP) is 2.48. The van der Waals surface area contributed by atoms with Crippen LogP contribution in [0.5, 0.6) is 0 Å². The molecule has 0 aliphatic carbocycles. The average molecular weight is 229 g/mol. The van der Waals surface area contributed by atoms with Crippen LogP contribution in [-0.2, 0) is 4.74 Å². The van der Waals surface area contributed by atoms with Gasteiger partial charge in [-0.3, -0.25) is 0 Å². The topological polar surface area (TPSA) is 12.5 Å². The molecule has 0 radical (unpaired) electrons. The molecule has 0 aromatic heterocycles. The molecular formula is C13H24FNO.